The zero-order chi connectivity index (χ0) is 18.4. The van der Waals surface area contributed by atoms with Gasteiger partial charge in [-0.15, -0.1) is 12.4 Å². The van der Waals surface area contributed by atoms with Gasteiger partial charge in [0.25, 0.3) is 5.91 Å². The summed E-state index contributed by atoms with van der Waals surface area (Å²) in [6.07, 6.45) is 5.61. The molecular formula is C20H26ClN3O3. The van der Waals surface area contributed by atoms with E-state index in [1.165, 1.54) is 12.5 Å². The van der Waals surface area contributed by atoms with Gasteiger partial charge in [0.15, 0.2) is 0 Å². The minimum absolute atomic E-state index is 0. The Kier molecular flexibility index (Phi) is 7.88. The predicted molar refractivity (Wildman–Crippen MR) is 108 cm³/mol. The third kappa shape index (κ3) is 6.12. The number of hydrogen-bond acceptors (Lipinski definition) is 4. The molecule has 1 aliphatic rings. The van der Waals surface area contributed by atoms with E-state index in [0.717, 1.165) is 25.9 Å². The quantitative estimate of drug-likeness (QED) is 0.696. The van der Waals surface area contributed by atoms with E-state index in [1.807, 2.05) is 6.07 Å². The van der Waals surface area contributed by atoms with E-state index in [9.17, 15) is 9.59 Å². The monoisotopic (exact) mass is 391 g/mol. The standard InChI is InChI=1S/C20H25N3O3.ClH/c1-14(15-5-8-21-9-6-15)11-19(24)22-17-3-2-4-18(12-17)23-20(25)16-7-10-26-13-16;/h2-4,7,10,12-15,21H,5-6,8-9,11H2,1H3,(H,22,24)(H,23,25);1H. The molecule has 1 fully saturated rings. The molecular weight excluding hydrogens is 366 g/mol. The number of benzene rings is 1. The molecule has 1 aromatic carbocycles. The number of piperidine rings is 1. The number of hydrogen-bond donors (Lipinski definition) is 3. The molecule has 0 spiro atoms. The molecule has 7 heteroatoms. The first-order valence-corrected chi connectivity index (χ1v) is 9.06. The van der Waals surface area contributed by atoms with E-state index in [4.69, 9.17) is 4.42 Å². The summed E-state index contributed by atoms with van der Waals surface area (Å²) in [4.78, 5) is 24.4. The lowest BCUT2D eigenvalue weighted by atomic mass is 9.84. The van der Waals surface area contributed by atoms with Crippen molar-refractivity contribution in [3.8, 4) is 0 Å². The van der Waals surface area contributed by atoms with Crippen LogP contribution in [0.25, 0.3) is 0 Å². The molecule has 2 heterocycles. The summed E-state index contributed by atoms with van der Waals surface area (Å²) in [5.41, 5.74) is 1.76. The molecule has 0 bridgehead atoms. The minimum Gasteiger partial charge on any atom is -0.472 e. The normalized spacial score (nSPS) is 15.4. The van der Waals surface area contributed by atoms with Crippen LogP contribution >= 0.6 is 12.4 Å². The fraction of sp³-hybridized carbons (Fsp3) is 0.400. The summed E-state index contributed by atoms with van der Waals surface area (Å²) in [6, 6.07) is 8.76. The van der Waals surface area contributed by atoms with Crippen molar-refractivity contribution < 1.29 is 14.0 Å². The van der Waals surface area contributed by atoms with Crippen LogP contribution in [-0.4, -0.2) is 24.9 Å². The van der Waals surface area contributed by atoms with Gasteiger partial charge in [-0.05, 0) is 62.0 Å². The summed E-state index contributed by atoms with van der Waals surface area (Å²) < 4.78 is 4.91. The Labute approximate surface area is 165 Å². The molecule has 2 aromatic rings. The molecule has 27 heavy (non-hydrogen) atoms. The second-order valence-electron chi connectivity index (χ2n) is 6.86. The fourth-order valence-electron chi connectivity index (χ4n) is 3.36. The van der Waals surface area contributed by atoms with Gasteiger partial charge in [-0.25, -0.2) is 0 Å². The van der Waals surface area contributed by atoms with Gasteiger partial charge < -0.3 is 20.4 Å². The summed E-state index contributed by atoms with van der Waals surface area (Å²) in [5.74, 6) is 0.722. The second-order valence-corrected chi connectivity index (χ2v) is 6.86. The van der Waals surface area contributed by atoms with E-state index in [1.54, 1.807) is 24.3 Å². The molecule has 146 valence electrons. The van der Waals surface area contributed by atoms with Gasteiger partial charge >= 0.3 is 0 Å². The number of amides is 2. The number of halogens is 1. The first-order chi connectivity index (χ1) is 12.6. The Hall–Kier alpha value is -2.31. The molecule has 1 atom stereocenters. The summed E-state index contributed by atoms with van der Waals surface area (Å²) >= 11 is 0. The van der Waals surface area contributed by atoms with Crippen molar-refractivity contribution in [2.45, 2.75) is 26.2 Å². The van der Waals surface area contributed by atoms with Gasteiger partial charge in [-0.3, -0.25) is 9.59 Å². The largest absolute Gasteiger partial charge is 0.472 e. The van der Waals surface area contributed by atoms with Crippen molar-refractivity contribution >= 4 is 35.6 Å². The highest BCUT2D eigenvalue weighted by Crippen LogP contribution is 2.25. The SMILES string of the molecule is CC(CC(=O)Nc1cccc(NC(=O)c2ccoc2)c1)C1CCNCC1.Cl. The summed E-state index contributed by atoms with van der Waals surface area (Å²) in [6.45, 7) is 4.22. The number of carbonyl (C=O) groups is 2. The molecule has 1 unspecified atom stereocenters. The molecule has 6 nitrogen and oxygen atoms in total. The van der Waals surface area contributed by atoms with E-state index in [0.29, 0.717) is 35.2 Å². The number of furan rings is 1. The Morgan fingerprint density at radius 2 is 1.89 bits per heavy atom. The first-order valence-electron chi connectivity index (χ1n) is 9.06. The second kappa shape index (κ2) is 10.1. The topological polar surface area (TPSA) is 83.4 Å². The lowest BCUT2D eigenvalue weighted by Crippen LogP contribution is -2.32. The van der Waals surface area contributed by atoms with Crippen molar-refractivity contribution in [2.24, 2.45) is 11.8 Å². The van der Waals surface area contributed by atoms with Gasteiger partial charge in [0.1, 0.15) is 6.26 Å². The highest BCUT2D eigenvalue weighted by molar-refractivity contribution is 6.04. The van der Waals surface area contributed by atoms with Crippen LogP contribution < -0.4 is 16.0 Å². The van der Waals surface area contributed by atoms with Gasteiger partial charge in [0, 0.05) is 17.8 Å². The molecule has 3 N–H and O–H groups in total. The Balaban J connectivity index is 0.00000261. The highest BCUT2D eigenvalue weighted by atomic mass is 35.5. The summed E-state index contributed by atoms with van der Waals surface area (Å²) in [5, 5.41) is 9.08. The van der Waals surface area contributed by atoms with Crippen molar-refractivity contribution in [1.29, 1.82) is 0 Å². The predicted octanol–water partition coefficient (Wildman–Crippen LogP) is 3.92. The summed E-state index contributed by atoms with van der Waals surface area (Å²) in [7, 11) is 0. The molecule has 0 saturated carbocycles. The Bertz CT molecular complexity index is 743. The maximum atomic E-state index is 12.4. The van der Waals surface area contributed by atoms with Crippen LogP contribution in [0.15, 0.2) is 47.3 Å². The van der Waals surface area contributed by atoms with Crippen LogP contribution in [0.5, 0.6) is 0 Å². The molecule has 1 saturated heterocycles. The van der Waals surface area contributed by atoms with E-state index in [2.05, 4.69) is 22.9 Å². The smallest absolute Gasteiger partial charge is 0.258 e. The highest BCUT2D eigenvalue weighted by Gasteiger charge is 2.22. The van der Waals surface area contributed by atoms with Crippen LogP contribution in [0.4, 0.5) is 11.4 Å². The zero-order valence-corrected chi connectivity index (χ0v) is 16.2. The zero-order valence-electron chi connectivity index (χ0n) is 15.4. The van der Waals surface area contributed by atoms with Gasteiger partial charge in [0.05, 0.1) is 11.8 Å². The fourth-order valence-corrected chi connectivity index (χ4v) is 3.36. The van der Waals surface area contributed by atoms with Crippen molar-refractivity contribution in [3.05, 3.63) is 48.4 Å². The van der Waals surface area contributed by atoms with E-state index in [-0.39, 0.29) is 24.2 Å². The molecule has 3 rings (SSSR count). The Morgan fingerprint density at radius 3 is 2.56 bits per heavy atom. The van der Waals surface area contributed by atoms with Crippen LogP contribution in [0.1, 0.15) is 36.5 Å². The molecule has 2 amide bonds. The van der Waals surface area contributed by atoms with Crippen LogP contribution in [-0.2, 0) is 4.79 Å². The third-order valence-corrected chi connectivity index (χ3v) is 4.88. The number of nitrogens with one attached hydrogen (secondary N) is 3. The van der Waals surface area contributed by atoms with E-state index >= 15 is 0 Å². The van der Waals surface area contributed by atoms with Crippen molar-refractivity contribution in [2.75, 3.05) is 23.7 Å². The van der Waals surface area contributed by atoms with Gasteiger partial charge in [0.2, 0.25) is 5.91 Å². The van der Waals surface area contributed by atoms with Crippen molar-refractivity contribution in [3.63, 3.8) is 0 Å². The molecule has 1 aliphatic heterocycles. The van der Waals surface area contributed by atoms with Gasteiger partial charge in [-0.1, -0.05) is 13.0 Å². The number of carbonyl (C=O) groups excluding carboxylic acids is 2. The molecule has 1 aromatic heterocycles. The maximum absolute atomic E-state index is 12.4. The average Bonchev–Trinajstić information content (AvgIpc) is 3.17. The minimum atomic E-state index is -0.248. The van der Waals surface area contributed by atoms with Crippen LogP contribution in [0, 0.1) is 11.8 Å². The lowest BCUT2D eigenvalue weighted by molar-refractivity contribution is -0.117. The van der Waals surface area contributed by atoms with Crippen LogP contribution in [0.3, 0.4) is 0 Å². The van der Waals surface area contributed by atoms with Crippen molar-refractivity contribution in [1.82, 2.24) is 5.32 Å². The molecule has 0 radical (unpaired) electrons. The Morgan fingerprint density at radius 1 is 1.19 bits per heavy atom. The first kappa shape index (κ1) is 21.0. The molecule has 0 aliphatic carbocycles. The maximum Gasteiger partial charge on any atom is 0.258 e. The van der Waals surface area contributed by atoms with E-state index < -0.39 is 0 Å². The third-order valence-electron chi connectivity index (χ3n) is 4.88. The van der Waals surface area contributed by atoms with Gasteiger partial charge in [-0.2, -0.15) is 0 Å². The number of rotatable bonds is 6. The number of anilines is 2. The van der Waals surface area contributed by atoms with Crippen LogP contribution in [0.2, 0.25) is 0 Å². The average molecular weight is 392 g/mol. The lowest BCUT2D eigenvalue weighted by Gasteiger charge is -2.27.